The number of aromatic nitrogens is 3. The summed E-state index contributed by atoms with van der Waals surface area (Å²) >= 11 is 0. The number of anilines is 1. The number of hydrogen-bond donors (Lipinski definition) is 4. The number of aliphatic hydroxyl groups is 1. The van der Waals surface area contributed by atoms with Crippen LogP contribution in [0.15, 0.2) is 36.8 Å². The highest BCUT2D eigenvalue weighted by atomic mass is 19.1. The predicted octanol–water partition coefficient (Wildman–Crippen LogP) is 1.79. The maximum atomic E-state index is 14.0. The van der Waals surface area contributed by atoms with E-state index >= 15 is 0 Å². The Morgan fingerprint density at radius 1 is 1.29 bits per heavy atom. The third-order valence-electron chi connectivity index (χ3n) is 4.77. The van der Waals surface area contributed by atoms with E-state index in [1.807, 2.05) is 6.92 Å². The van der Waals surface area contributed by atoms with E-state index in [1.54, 1.807) is 29.0 Å². The van der Waals surface area contributed by atoms with E-state index in [0.29, 0.717) is 34.6 Å². The van der Waals surface area contributed by atoms with E-state index in [9.17, 15) is 19.1 Å². The molecule has 0 bridgehead atoms. The molecular weight excluding hydrogens is 403 g/mol. The van der Waals surface area contributed by atoms with Crippen LogP contribution in [0, 0.1) is 0 Å². The lowest BCUT2D eigenvalue weighted by Gasteiger charge is -2.22. The van der Waals surface area contributed by atoms with Gasteiger partial charge in [0.1, 0.15) is 17.6 Å². The molecule has 3 aromatic rings. The molecule has 31 heavy (non-hydrogen) atoms. The Kier molecular flexibility index (Phi) is 6.21. The number of pyridine rings is 2. The van der Waals surface area contributed by atoms with Crippen molar-refractivity contribution in [2.75, 3.05) is 18.4 Å². The number of alkyl halides is 1. The number of rotatable bonds is 8. The standard InChI is InChI=1S/C21H25FN6O3/c1-4-24-15-8-17(25-10-14(15)20(30)27-11-16(22)21(2,3)31)28-6-5-12-7-13(18(23)29)9-26-19(12)28/h5-10,16,31H,4,11H2,1-3H3,(H2,23,29)(H,24,25)(H,27,30). The molecule has 1 unspecified atom stereocenters. The van der Waals surface area contributed by atoms with Gasteiger partial charge in [-0.2, -0.15) is 0 Å². The highest BCUT2D eigenvalue weighted by molar-refractivity contribution is 6.00. The summed E-state index contributed by atoms with van der Waals surface area (Å²) in [4.78, 5) is 32.6. The van der Waals surface area contributed by atoms with Gasteiger partial charge in [0.05, 0.1) is 29.0 Å². The molecule has 0 aliphatic carbocycles. The average molecular weight is 428 g/mol. The summed E-state index contributed by atoms with van der Waals surface area (Å²) in [6, 6.07) is 5.11. The third-order valence-corrected chi connectivity index (χ3v) is 4.77. The van der Waals surface area contributed by atoms with Gasteiger partial charge in [-0.1, -0.05) is 0 Å². The zero-order valence-electron chi connectivity index (χ0n) is 17.5. The zero-order chi connectivity index (χ0) is 22.8. The van der Waals surface area contributed by atoms with Crippen molar-refractivity contribution >= 4 is 28.5 Å². The molecule has 0 aliphatic heterocycles. The molecule has 2 amide bonds. The van der Waals surface area contributed by atoms with Crippen LogP contribution in [0.3, 0.4) is 0 Å². The molecule has 0 aromatic carbocycles. The van der Waals surface area contributed by atoms with Gasteiger partial charge in [0.2, 0.25) is 5.91 Å². The molecule has 0 fully saturated rings. The van der Waals surface area contributed by atoms with E-state index in [4.69, 9.17) is 5.73 Å². The van der Waals surface area contributed by atoms with Gasteiger partial charge in [-0.05, 0) is 32.9 Å². The van der Waals surface area contributed by atoms with E-state index in [-0.39, 0.29) is 12.1 Å². The van der Waals surface area contributed by atoms with Crippen LogP contribution in [0.25, 0.3) is 16.9 Å². The second-order valence-electron chi connectivity index (χ2n) is 7.64. The van der Waals surface area contributed by atoms with Gasteiger partial charge >= 0.3 is 0 Å². The fourth-order valence-electron chi connectivity index (χ4n) is 2.96. The number of carbonyl (C=O) groups is 2. The largest absolute Gasteiger partial charge is 0.387 e. The zero-order valence-corrected chi connectivity index (χ0v) is 17.5. The van der Waals surface area contributed by atoms with E-state index < -0.39 is 23.6 Å². The number of amides is 2. The molecule has 0 saturated carbocycles. The first-order chi connectivity index (χ1) is 14.6. The van der Waals surface area contributed by atoms with Crippen molar-refractivity contribution in [1.82, 2.24) is 19.9 Å². The van der Waals surface area contributed by atoms with Gasteiger partial charge in [-0.25, -0.2) is 14.4 Å². The average Bonchev–Trinajstić information content (AvgIpc) is 3.14. The highest BCUT2D eigenvalue weighted by Gasteiger charge is 2.27. The van der Waals surface area contributed by atoms with Gasteiger partial charge in [0, 0.05) is 36.6 Å². The van der Waals surface area contributed by atoms with Crippen LogP contribution in [0.4, 0.5) is 10.1 Å². The molecule has 5 N–H and O–H groups in total. The van der Waals surface area contributed by atoms with Gasteiger partial charge < -0.3 is 21.5 Å². The fraction of sp³-hybridized carbons (Fsp3) is 0.333. The Morgan fingerprint density at radius 2 is 2.03 bits per heavy atom. The number of hydrogen-bond acceptors (Lipinski definition) is 6. The quantitative estimate of drug-likeness (QED) is 0.432. The van der Waals surface area contributed by atoms with Crippen molar-refractivity contribution in [3.63, 3.8) is 0 Å². The number of fused-ring (bicyclic) bond motifs is 1. The minimum Gasteiger partial charge on any atom is -0.387 e. The normalized spacial score (nSPS) is 12.5. The van der Waals surface area contributed by atoms with Crippen molar-refractivity contribution in [2.24, 2.45) is 5.73 Å². The Bertz CT molecular complexity index is 1120. The van der Waals surface area contributed by atoms with Gasteiger partial charge in [-0.15, -0.1) is 0 Å². The Hall–Kier alpha value is -3.53. The van der Waals surface area contributed by atoms with E-state index in [1.165, 1.54) is 26.2 Å². The Balaban J connectivity index is 1.91. The highest BCUT2D eigenvalue weighted by Crippen LogP contribution is 2.23. The summed E-state index contributed by atoms with van der Waals surface area (Å²) in [6.07, 6.45) is 2.92. The van der Waals surface area contributed by atoms with Crippen LogP contribution >= 0.6 is 0 Å². The number of nitrogens with two attached hydrogens (primary N) is 1. The fourth-order valence-corrected chi connectivity index (χ4v) is 2.96. The molecule has 164 valence electrons. The summed E-state index contributed by atoms with van der Waals surface area (Å²) in [5.74, 6) is -0.574. The first kappa shape index (κ1) is 22.2. The number of primary amides is 1. The van der Waals surface area contributed by atoms with Crippen LogP contribution in [0.5, 0.6) is 0 Å². The minimum atomic E-state index is -1.62. The van der Waals surface area contributed by atoms with Crippen molar-refractivity contribution in [3.05, 3.63) is 47.9 Å². The summed E-state index contributed by atoms with van der Waals surface area (Å²) in [7, 11) is 0. The lowest BCUT2D eigenvalue weighted by molar-refractivity contribution is -0.00177. The number of nitrogens with zero attached hydrogens (tertiary/aromatic N) is 3. The Labute approximate surface area is 178 Å². The SMILES string of the molecule is CCNc1cc(-n2ccc3cc(C(N)=O)cnc32)ncc1C(=O)NCC(F)C(C)(C)O. The van der Waals surface area contributed by atoms with Crippen LogP contribution < -0.4 is 16.4 Å². The first-order valence-corrected chi connectivity index (χ1v) is 9.77. The molecule has 10 heteroatoms. The lowest BCUT2D eigenvalue weighted by atomic mass is 10.0. The smallest absolute Gasteiger partial charge is 0.255 e. The van der Waals surface area contributed by atoms with E-state index in [2.05, 4.69) is 20.6 Å². The van der Waals surface area contributed by atoms with Gasteiger partial charge in [0.25, 0.3) is 5.91 Å². The maximum absolute atomic E-state index is 14.0. The molecule has 0 radical (unpaired) electrons. The molecule has 0 spiro atoms. The second kappa shape index (κ2) is 8.68. The summed E-state index contributed by atoms with van der Waals surface area (Å²) in [6.45, 7) is 4.78. The van der Waals surface area contributed by atoms with Crippen LogP contribution in [0.2, 0.25) is 0 Å². The first-order valence-electron chi connectivity index (χ1n) is 9.77. The van der Waals surface area contributed by atoms with Gasteiger partial charge in [0.15, 0.2) is 0 Å². The third kappa shape index (κ3) is 4.80. The maximum Gasteiger partial charge on any atom is 0.255 e. The van der Waals surface area contributed by atoms with Crippen LogP contribution in [0.1, 0.15) is 41.5 Å². The number of carbonyl (C=O) groups excluding carboxylic acids is 2. The topological polar surface area (TPSA) is 135 Å². The molecule has 3 aromatic heterocycles. The van der Waals surface area contributed by atoms with Crippen molar-refractivity contribution in [1.29, 1.82) is 0 Å². The van der Waals surface area contributed by atoms with Gasteiger partial charge in [-0.3, -0.25) is 14.2 Å². The lowest BCUT2D eigenvalue weighted by Crippen LogP contribution is -2.42. The molecule has 0 aliphatic rings. The molecule has 9 nitrogen and oxygen atoms in total. The van der Waals surface area contributed by atoms with Crippen LogP contribution in [-0.2, 0) is 0 Å². The number of nitrogens with one attached hydrogen (secondary N) is 2. The second-order valence-corrected chi connectivity index (χ2v) is 7.64. The summed E-state index contributed by atoms with van der Waals surface area (Å²) in [5.41, 5.74) is 5.38. The predicted molar refractivity (Wildman–Crippen MR) is 115 cm³/mol. The minimum absolute atomic E-state index is 0.244. The van der Waals surface area contributed by atoms with Crippen molar-refractivity contribution in [2.45, 2.75) is 32.5 Å². The summed E-state index contributed by atoms with van der Waals surface area (Å²) in [5, 5.41) is 16.0. The monoisotopic (exact) mass is 428 g/mol. The van der Waals surface area contributed by atoms with E-state index in [0.717, 1.165) is 0 Å². The molecule has 0 saturated heterocycles. The molecule has 3 heterocycles. The molecule has 3 rings (SSSR count). The molecular formula is C21H25FN6O3. The van der Waals surface area contributed by atoms with Crippen molar-refractivity contribution in [3.8, 4) is 5.82 Å². The number of halogens is 1. The van der Waals surface area contributed by atoms with Crippen LogP contribution in [-0.4, -0.2) is 56.3 Å². The van der Waals surface area contributed by atoms with Crippen molar-refractivity contribution < 1.29 is 19.1 Å². The Morgan fingerprint density at radius 3 is 2.68 bits per heavy atom. The summed E-state index contributed by atoms with van der Waals surface area (Å²) < 4.78 is 15.7. The molecule has 1 atom stereocenters.